The number of aromatic nitrogens is 1. The molecule has 0 fully saturated rings. The van der Waals surface area contributed by atoms with E-state index in [0.29, 0.717) is 39.4 Å². The second-order valence-electron chi connectivity index (χ2n) is 7.15. The van der Waals surface area contributed by atoms with Gasteiger partial charge >= 0.3 is 0 Å². The van der Waals surface area contributed by atoms with Crippen molar-refractivity contribution in [3.63, 3.8) is 0 Å². The molecule has 0 saturated heterocycles. The van der Waals surface area contributed by atoms with Gasteiger partial charge in [0.2, 0.25) is 0 Å². The molecule has 1 N–H and O–H groups in total. The van der Waals surface area contributed by atoms with Gasteiger partial charge in [-0.05, 0) is 61.4 Å². The van der Waals surface area contributed by atoms with E-state index >= 15 is 0 Å². The van der Waals surface area contributed by atoms with Crippen LogP contribution in [0, 0.1) is 19.7 Å². The summed E-state index contributed by atoms with van der Waals surface area (Å²) in [6, 6.07) is 8.79. The molecule has 6 nitrogen and oxygen atoms in total. The first kappa shape index (κ1) is 22.3. The van der Waals surface area contributed by atoms with Crippen LogP contribution in [0.5, 0.6) is 11.5 Å². The molecule has 0 aliphatic rings. The first-order valence-corrected chi connectivity index (χ1v) is 11.0. The average Bonchev–Trinajstić information content (AvgIpc) is 2.72. The molecule has 3 aromatic rings. The van der Waals surface area contributed by atoms with Crippen LogP contribution in [0.4, 0.5) is 10.1 Å². The van der Waals surface area contributed by atoms with E-state index < -0.39 is 9.84 Å². The summed E-state index contributed by atoms with van der Waals surface area (Å²) in [6.45, 7) is 6.83. The minimum atomic E-state index is -3.70. The lowest BCUT2D eigenvalue weighted by molar-refractivity contribution is 0.473. The number of nitrogens with zero attached hydrogens (tertiary/aromatic N) is 1. The molecule has 0 bridgehead atoms. The summed E-state index contributed by atoms with van der Waals surface area (Å²) in [5.41, 5.74) is 2.34. The molecule has 0 amide bonds. The third-order valence-electron chi connectivity index (χ3n) is 4.90. The van der Waals surface area contributed by atoms with E-state index in [1.54, 1.807) is 40.2 Å². The fourth-order valence-corrected chi connectivity index (χ4v) is 4.04. The van der Waals surface area contributed by atoms with Gasteiger partial charge in [-0.15, -0.1) is 0 Å². The number of halogens is 1. The van der Waals surface area contributed by atoms with E-state index in [0.717, 1.165) is 5.41 Å². The molecule has 162 valence electrons. The van der Waals surface area contributed by atoms with E-state index in [4.69, 9.17) is 4.74 Å². The number of pyridine rings is 1. The van der Waals surface area contributed by atoms with Crippen molar-refractivity contribution < 1.29 is 17.5 Å². The van der Waals surface area contributed by atoms with Crippen molar-refractivity contribution in [3.05, 3.63) is 81.9 Å². The molecule has 0 radical (unpaired) electrons. The van der Waals surface area contributed by atoms with Crippen molar-refractivity contribution in [2.24, 2.45) is 7.05 Å². The molecular weight excluding hydrogens is 419 g/mol. The second kappa shape index (κ2) is 8.39. The predicted octanol–water partition coefficient (Wildman–Crippen LogP) is 4.56. The Morgan fingerprint density at radius 1 is 1.13 bits per heavy atom. The Bertz CT molecular complexity index is 1320. The van der Waals surface area contributed by atoms with Crippen molar-refractivity contribution in [1.82, 2.24) is 4.57 Å². The van der Waals surface area contributed by atoms with E-state index in [9.17, 15) is 17.6 Å². The molecule has 0 spiro atoms. The van der Waals surface area contributed by atoms with E-state index in [-0.39, 0.29) is 16.3 Å². The largest absolute Gasteiger partial charge is 0.456 e. The summed E-state index contributed by atoms with van der Waals surface area (Å²) in [5, 5.41) is 3.72. The average molecular weight is 443 g/mol. The van der Waals surface area contributed by atoms with Crippen LogP contribution in [0.3, 0.4) is 0 Å². The SMILES string of the molecule is C=CS(=O)(=O)c1ccc(Oc2c(C)cc(F)cc2C)c(-c2cc(NC)c(=O)n(C)c2)c1. The quantitative estimate of drug-likeness (QED) is 0.606. The maximum absolute atomic E-state index is 13.7. The smallest absolute Gasteiger partial charge is 0.273 e. The zero-order valence-electron chi connectivity index (χ0n) is 17.7. The maximum Gasteiger partial charge on any atom is 0.273 e. The summed E-state index contributed by atoms with van der Waals surface area (Å²) in [4.78, 5) is 12.3. The van der Waals surface area contributed by atoms with Crippen LogP contribution < -0.4 is 15.6 Å². The van der Waals surface area contributed by atoms with Crippen LogP contribution in [0.25, 0.3) is 11.1 Å². The van der Waals surface area contributed by atoms with Crippen LogP contribution >= 0.6 is 0 Å². The highest BCUT2D eigenvalue weighted by atomic mass is 32.2. The van der Waals surface area contributed by atoms with Gasteiger partial charge in [0.05, 0.1) is 4.90 Å². The summed E-state index contributed by atoms with van der Waals surface area (Å²) >= 11 is 0. The van der Waals surface area contributed by atoms with Crippen LogP contribution in [0.2, 0.25) is 0 Å². The third kappa shape index (κ3) is 4.39. The zero-order valence-corrected chi connectivity index (χ0v) is 18.5. The number of benzene rings is 2. The normalized spacial score (nSPS) is 11.3. The van der Waals surface area contributed by atoms with Gasteiger partial charge in [0.1, 0.15) is 23.0 Å². The molecule has 31 heavy (non-hydrogen) atoms. The van der Waals surface area contributed by atoms with Gasteiger partial charge in [-0.2, -0.15) is 0 Å². The second-order valence-corrected chi connectivity index (χ2v) is 9.04. The van der Waals surface area contributed by atoms with Gasteiger partial charge in [0, 0.05) is 36.8 Å². The first-order chi connectivity index (χ1) is 14.6. The molecule has 0 atom stereocenters. The molecule has 0 unspecified atom stereocenters. The molecule has 1 heterocycles. The van der Waals surface area contributed by atoms with Crippen LogP contribution in [-0.2, 0) is 16.9 Å². The molecule has 0 saturated carbocycles. The minimum Gasteiger partial charge on any atom is -0.456 e. The summed E-state index contributed by atoms with van der Waals surface area (Å²) in [7, 11) is -0.470. The standard InChI is InChI=1S/C23H23FN2O4S/c1-6-31(28,29)18-7-8-21(30-22-14(2)9-17(24)10-15(22)3)19(12-18)16-11-20(25-4)23(27)26(5)13-16/h6-13,25H,1H2,2-5H3. The Morgan fingerprint density at radius 2 is 1.77 bits per heavy atom. The maximum atomic E-state index is 13.7. The van der Waals surface area contributed by atoms with Crippen LogP contribution in [0.15, 0.2) is 64.3 Å². The fraction of sp³-hybridized carbons (Fsp3) is 0.174. The number of nitrogens with one attached hydrogen (secondary N) is 1. The monoisotopic (exact) mass is 442 g/mol. The van der Waals surface area contributed by atoms with E-state index in [2.05, 4.69) is 11.9 Å². The number of rotatable bonds is 6. The number of aryl methyl sites for hydroxylation is 3. The van der Waals surface area contributed by atoms with E-state index in [1.165, 1.54) is 34.9 Å². The summed E-state index contributed by atoms with van der Waals surface area (Å²) < 4.78 is 46.0. The van der Waals surface area contributed by atoms with Crippen LogP contribution in [-0.4, -0.2) is 20.0 Å². The summed E-state index contributed by atoms with van der Waals surface area (Å²) in [6.07, 6.45) is 1.60. The first-order valence-electron chi connectivity index (χ1n) is 9.42. The number of ether oxygens (including phenoxy) is 1. The Hall–Kier alpha value is -3.39. The topological polar surface area (TPSA) is 77.4 Å². The van der Waals surface area contributed by atoms with Gasteiger partial charge in [-0.3, -0.25) is 4.79 Å². The van der Waals surface area contributed by atoms with Crippen molar-refractivity contribution >= 4 is 15.5 Å². The van der Waals surface area contributed by atoms with Crippen molar-refractivity contribution in [3.8, 4) is 22.6 Å². The summed E-state index contributed by atoms with van der Waals surface area (Å²) in [5.74, 6) is 0.467. The highest BCUT2D eigenvalue weighted by Crippen LogP contribution is 2.38. The number of anilines is 1. The Morgan fingerprint density at radius 3 is 2.35 bits per heavy atom. The Labute approximate surface area is 180 Å². The highest BCUT2D eigenvalue weighted by Gasteiger charge is 2.18. The zero-order chi connectivity index (χ0) is 22.9. The van der Waals surface area contributed by atoms with Gasteiger partial charge in [-0.1, -0.05) is 6.58 Å². The lowest BCUT2D eigenvalue weighted by atomic mass is 10.1. The molecule has 1 aromatic heterocycles. The van der Waals surface area contributed by atoms with Crippen molar-refractivity contribution in [2.75, 3.05) is 12.4 Å². The van der Waals surface area contributed by atoms with Gasteiger partial charge in [0.15, 0.2) is 9.84 Å². The van der Waals surface area contributed by atoms with Crippen molar-refractivity contribution in [1.29, 1.82) is 0 Å². The lowest BCUT2D eigenvalue weighted by Gasteiger charge is -2.17. The van der Waals surface area contributed by atoms with Gasteiger partial charge in [0.25, 0.3) is 5.56 Å². The predicted molar refractivity (Wildman–Crippen MR) is 120 cm³/mol. The Kier molecular flexibility index (Phi) is 6.03. The molecule has 8 heteroatoms. The highest BCUT2D eigenvalue weighted by molar-refractivity contribution is 7.94. The molecule has 0 aliphatic carbocycles. The van der Waals surface area contributed by atoms with E-state index in [1.807, 2.05) is 0 Å². The molecule has 2 aromatic carbocycles. The van der Waals surface area contributed by atoms with Crippen molar-refractivity contribution in [2.45, 2.75) is 18.7 Å². The molecule has 3 rings (SSSR count). The number of hydrogen-bond acceptors (Lipinski definition) is 5. The van der Waals surface area contributed by atoms with Gasteiger partial charge < -0.3 is 14.6 Å². The Balaban J connectivity index is 2.27. The minimum absolute atomic E-state index is 0.0391. The third-order valence-corrected chi connectivity index (χ3v) is 6.25. The number of hydrogen-bond donors (Lipinski definition) is 1. The molecule has 0 aliphatic heterocycles. The fourth-order valence-electron chi connectivity index (χ4n) is 3.30. The molecular formula is C23H23FN2O4S. The van der Waals surface area contributed by atoms with Gasteiger partial charge in [-0.25, -0.2) is 12.8 Å². The lowest BCUT2D eigenvalue weighted by Crippen LogP contribution is -2.19. The van der Waals surface area contributed by atoms with Crippen LogP contribution in [0.1, 0.15) is 11.1 Å². The number of sulfone groups is 1.